The van der Waals surface area contributed by atoms with Crippen molar-refractivity contribution in [3.63, 3.8) is 0 Å². The van der Waals surface area contributed by atoms with Crippen LogP contribution in [0.5, 0.6) is 5.75 Å². The minimum Gasteiger partial charge on any atom is -0.405 e. The molecule has 0 aliphatic heterocycles. The number of fused-ring (bicyclic) bond motifs is 1. The maximum atomic E-state index is 12.8. The van der Waals surface area contributed by atoms with E-state index in [0.717, 1.165) is 54.5 Å². The van der Waals surface area contributed by atoms with Gasteiger partial charge in [0.2, 0.25) is 5.95 Å². The van der Waals surface area contributed by atoms with Crippen LogP contribution in [-0.4, -0.2) is 28.4 Å². The zero-order valence-corrected chi connectivity index (χ0v) is 23.6. The second-order valence-corrected chi connectivity index (χ2v) is 10.9. The minimum atomic E-state index is -4.74. The van der Waals surface area contributed by atoms with E-state index in [-0.39, 0.29) is 17.8 Å². The first-order chi connectivity index (χ1) is 19.3. The highest BCUT2D eigenvalue weighted by Crippen LogP contribution is 2.31. The predicted molar refractivity (Wildman–Crippen MR) is 156 cm³/mol. The molecule has 4 aromatic rings. The van der Waals surface area contributed by atoms with Crippen molar-refractivity contribution < 1.29 is 17.9 Å². The van der Waals surface area contributed by atoms with Crippen LogP contribution in [0.4, 0.5) is 30.6 Å². The van der Waals surface area contributed by atoms with E-state index in [1.807, 2.05) is 24.3 Å². The van der Waals surface area contributed by atoms with Crippen molar-refractivity contribution in [1.82, 2.24) is 15.3 Å². The number of ether oxygens (including phenoxy) is 1. The molecule has 1 fully saturated rings. The summed E-state index contributed by atoms with van der Waals surface area (Å²) in [6.07, 6.45) is -0.208. The van der Waals surface area contributed by atoms with Gasteiger partial charge in [0.15, 0.2) is 0 Å². The first-order valence-electron chi connectivity index (χ1n) is 13.4. The Morgan fingerprint density at radius 2 is 1.65 bits per heavy atom. The summed E-state index contributed by atoms with van der Waals surface area (Å²) in [6, 6.07) is 21.4. The van der Waals surface area contributed by atoms with E-state index in [2.05, 4.69) is 67.8 Å². The van der Waals surface area contributed by atoms with Crippen molar-refractivity contribution in [1.29, 1.82) is 0 Å². The third-order valence-electron chi connectivity index (χ3n) is 7.12. The molecule has 0 radical (unpaired) electrons. The lowest BCUT2D eigenvalue weighted by molar-refractivity contribution is -0.274. The summed E-state index contributed by atoms with van der Waals surface area (Å²) in [5, 5.41) is 11.3. The number of rotatable bonds is 9. The molecule has 0 bridgehead atoms. The first-order valence-corrected chi connectivity index (χ1v) is 14.2. The number of alkyl halides is 3. The Hall–Kier alpha value is -3.37. The summed E-state index contributed by atoms with van der Waals surface area (Å²) in [4.78, 5) is 9.57. The summed E-state index contributed by atoms with van der Waals surface area (Å²) >= 11 is 3.22. The summed E-state index contributed by atoms with van der Waals surface area (Å²) in [7, 11) is 0. The number of benzene rings is 3. The maximum absolute atomic E-state index is 12.8. The summed E-state index contributed by atoms with van der Waals surface area (Å²) in [6.45, 7) is 2.43. The van der Waals surface area contributed by atoms with Crippen LogP contribution in [-0.2, 0) is 13.0 Å². The van der Waals surface area contributed by atoms with Gasteiger partial charge in [-0.15, -0.1) is 13.2 Å². The molecule has 5 rings (SSSR count). The second kappa shape index (κ2) is 12.4. The third kappa shape index (κ3) is 7.42. The molecule has 40 heavy (non-hydrogen) atoms. The maximum Gasteiger partial charge on any atom is 0.573 e. The summed E-state index contributed by atoms with van der Waals surface area (Å²) in [5.74, 6) is 1.13. The van der Waals surface area contributed by atoms with E-state index in [9.17, 15) is 13.2 Å². The number of para-hydroxylation sites is 1. The highest BCUT2D eigenvalue weighted by atomic mass is 79.9. The van der Waals surface area contributed by atoms with Gasteiger partial charge < -0.3 is 20.7 Å². The molecule has 1 aromatic heterocycles. The van der Waals surface area contributed by atoms with Gasteiger partial charge in [0, 0.05) is 39.7 Å². The number of aromatic nitrogens is 2. The van der Waals surface area contributed by atoms with Crippen LogP contribution in [0, 0.1) is 0 Å². The van der Waals surface area contributed by atoms with E-state index in [1.165, 1.54) is 11.6 Å². The molecule has 3 N–H and O–H groups in total. The van der Waals surface area contributed by atoms with Gasteiger partial charge in [-0.3, -0.25) is 0 Å². The average molecular weight is 615 g/mol. The molecule has 10 heteroatoms. The number of halogens is 4. The van der Waals surface area contributed by atoms with Gasteiger partial charge >= 0.3 is 6.36 Å². The minimum absolute atomic E-state index is 0.191. The topological polar surface area (TPSA) is 71.1 Å². The van der Waals surface area contributed by atoms with E-state index in [4.69, 9.17) is 9.97 Å². The molecule has 0 spiro atoms. The Balaban J connectivity index is 1.20. The molecular formula is C30H31BrF3N5O. The number of hydrogen-bond acceptors (Lipinski definition) is 6. The summed E-state index contributed by atoms with van der Waals surface area (Å²) < 4.78 is 43.3. The summed E-state index contributed by atoms with van der Waals surface area (Å²) in [5.41, 5.74) is 3.56. The lowest BCUT2D eigenvalue weighted by Gasteiger charge is -2.30. The lowest BCUT2D eigenvalue weighted by Crippen LogP contribution is -2.37. The monoisotopic (exact) mass is 613 g/mol. The van der Waals surface area contributed by atoms with Crippen LogP contribution < -0.4 is 20.7 Å². The fourth-order valence-corrected chi connectivity index (χ4v) is 5.31. The van der Waals surface area contributed by atoms with E-state index in [1.54, 1.807) is 12.1 Å². The zero-order chi connectivity index (χ0) is 28.1. The Morgan fingerprint density at radius 1 is 0.925 bits per heavy atom. The fourth-order valence-electron chi connectivity index (χ4n) is 4.97. The normalized spacial score (nSPS) is 17.5. The van der Waals surface area contributed by atoms with Crippen molar-refractivity contribution in [3.05, 3.63) is 82.3 Å². The molecule has 1 aliphatic rings. The van der Waals surface area contributed by atoms with Crippen LogP contribution >= 0.6 is 15.9 Å². The molecule has 0 saturated heterocycles. The molecule has 0 amide bonds. The molecule has 1 heterocycles. The highest BCUT2D eigenvalue weighted by Gasteiger charge is 2.32. The van der Waals surface area contributed by atoms with E-state index >= 15 is 0 Å². The van der Waals surface area contributed by atoms with Crippen molar-refractivity contribution in [2.45, 2.75) is 64.0 Å². The Morgan fingerprint density at radius 3 is 2.38 bits per heavy atom. The largest absolute Gasteiger partial charge is 0.573 e. The van der Waals surface area contributed by atoms with Gasteiger partial charge in [0.05, 0.1) is 5.52 Å². The second-order valence-electron chi connectivity index (χ2n) is 9.96. The number of nitrogens with zero attached hydrogens (tertiary/aromatic N) is 2. The van der Waals surface area contributed by atoms with Gasteiger partial charge in [0.1, 0.15) is 11.6 Å². The molecule has 1 aliphatic carbocycles. The molecule has 1 saturated carbocycles. The molecule has 3 aromatic carbocycles. The van der Waals surface area contributed by atoms with Crippen molar-refractivity contribution in [2.24, 2.45) is 0 Å². The molecule has 0 atom stereocenters. The Bertz CT molecular complexity index is 1440. The standard InChI is InChI=1S/C30H31BrF3N5O/c1-2-19-7-11-23(12-8-19)36-28-25-5-3-4-6-26(25)38-29(39-28)37-24-15-13-22(14-16-24)35-18-20-9-10-21(31)17-27(20)40-30(32,33)34/h3-12,17,22,24,35H,2,13-16,18H2,1H3,(H2,36,37,38,39)/t22-,24+. The molecule has 6 nitrogen and oxygen atoms in total. The van der Waals surface area contributed by atoms with E-state index < -0.39 is 6.36 Å². The first kappa shape index (κ1) is 28.2. The molecule has 210 valence electrons. The fraction of sp³-hybridized carbons (Fsp3) is 0.333. The predicted octanol–water partition coefficient (Wildman–Crippen LogP) is 8.11. The zero-order valence-electron chi connectivity index (χ0n) is 22.1. The van der Waals surface area contributed by atoms with Gasteiger partial charge in [-0.1, -0.05) is 53.2 Å². The SMILES string of the molecule is CCc1ccc(Nc2nc(N[C@H]3CC[C@@H](NCc4ccc(Br)cc4OC(F)(F)F)CC3)nc3ccccc23)cc1. The van der Waals surface area contributed by atoms with Gasteiger partial charge in [-0.05, 0) is 74.1 Å². The Labute approximate surface area is 239 Å². The number of hydrogen-bond donors (Lipinski definition) is 3. The van der Waals surface area contributed by atoms with Crippen LogP contribution in [0.2, 0.25) is 0 Å². The molecular weight excluding hydrogens is 583 g/mol. The van der Waals surface area contributed by atoms with Crippen molar-refractivity contribution in [3.8, 4) is 5.75 Å². The Kier molecular flexibility index (Phi) is 8.75. The smallest absolute Gasteiger partial charge is 0.405 e. The highest BCUT2D eigenvalue weighted by molar-refractivity contribution is 9.10. The quantitative estimate of drug-likeness (QED) is 0.177. The van der Waals surface area contributed by atoms with Crippen LogP contribution in [0.1, 0.15) is 43.7 Å². The third-order valence-corrected chi connectivity index (χ3v) is 7.62. The van der Waals surface area contributed by atoms with E-state index in [0.29, 0.717) is 22.5 Å². The number of aryl methyl sites for hydroxylation is 1. The van der Waals surface area contributed by atoms with Crippen LogP contribution in [0.3, 0.4) is 0 Å². The number of nitrogens with one attached hydrogen (secondary N) is 3. The average Bonchev–Trinajstić information content (AvgIpc) is 2.93. The lowest BCUT2D eigenvalue weighted by atomic mass is 9.91. The van der Waals surface area contributed by atoms with Crippen molar-refractivity contribution in [2.75, 3.05) is 10.6 Å². The van der Waals surface area contributed by atoms with Crippen molar-refractivity contribution >= 4 is 44.3 Å². The van der Waals surface area contributed by atoms with Crippen LogP contribution in [0.15, 0.2) is 71.2 Å². The van der Waals surface area contributed by atoms with Crippen LogP contribution in [0.25, 0.3) is 10.9 Å². The van der Waals surface area contributed by atoms with Gasteiger partial charge in [0.25, 0.3) is 0 Å². The number of anilines is 3. The molecule has 0 unspecified atom stereocenters. The van der Waals surface area contributed by atoms with Gasteiger partial charge in [-0.25, -0.2) is 4.98 Å². The van der Waals surface area contributed by atoms with Gasteiger partial charge in [-0.2, -0.15) is 4.98 Å².